The molecule has 1 aromatic carbocycles. The van der Waals surface area contributed by atoms with E-state index < -0.39 is 0 Å². The number of amides is 1. The van der Waals surface area contributed by atoms with Crippen LogP contribution in [0.1, 0.15) is 23.0 Å². The Hall–Kier alpha value is -3.49. The Balaban J connectivity index is 1.32. The fourth-order valence-corrected chi connectivity index (χ4v) is 3.31. The van der Waals surface area contributed by atoms with Gasteiger partial charge in [-0.1, -0.05) is 0 Å². The van der Waals surface area contributed by atoms with E-state index >= 15 is 0 Å². The number of hydrogen-bond donors (Lipinski definition) is 0. The lowest BCUT2D eigenvalue weighted by molar-refractivity contribution is -0.132. The van der Waals surface area contributed by atoms with Gasteiger partial charge in [0, 0.05) is 37.4 Å². The van der Waals surface area contributed by atoms with Gasteiger partial charge in [0.25, 0.3) is 0 Å². The third kappa shape index (κ3) is 4.18. The fourth-order valence-electron chi connectivity index (χ4n) is 3.31. The molecule has 9 heteroatoms. The Morgan fingerprint density at radius 2 is 1.76 bits per heavy atom. The molecule has 0 unspecified atom stereocenters. The first-order valence-corrected chi connectivity index (χ1v) is 9.48. The summed E-state index contributed by atoms with van der Waals surface area (Å²) in [5, 5.41) is 12.1. The zero-order valence-electron chi connectivity index (χ0n) is 16.4. The molecule has 1 saturated heterocycles. The number of carbonyl (C=O) groups is 2. The van der Waals surface area contributed by atoms with E-state index in [1.807, 2.05) is 37.3 Å². The molecule has 4 rings (SSSR count). The first-order chi connectivity index (χ1) is 14.0. The molecule has 1 amide bonds. The number of Topliss-reactive ketones (excluding diaryl/α,β-unsaturated/α-hetero) is 1. The second-order valence-electron chi connectivity index (χ2n) is 7.02. The minimum absolute atomic E-state index is 0.0417. The van der Waals surface area contributed by atoms with Crippen molar-refractivity contribution in [1.29, 1.82) is 0 Å². The van der Waals surface area contributed by atoms with Crippen molar-refractivity contribution in [2.75, 3.05) is 31.1 Å². The lowest BCUT2D eigenvalue weighted by Crippen LogP contribution is -2.49. The van der Waals surface area contributed by atoms with Crippen molar-refractivity contribution in [2.24, 2.45) is 0 Å². The molecule has 9 nitrogen and oxygen atoms in total. The second-order valence-corrected chi connectivity index (χ2v) is 7.02. The van der Waals surface area contributed by atoms with Crippen LogP contribution in [0.2, 0.25) is 0 Å². The van der Waals surface area contributed by atoms with Crippen molar-refractivity contribution in [3.05, 3.63) is 47.7 Å². The highest BCUT2D eigenvalue weighted by Gasteiger charge is 2.22. The first-order valence-electron chi connectivity index (χ1n) is 9.48. The Labute approximate surface area is 167 Å². The standard InChI is InChI=1S/C20H22N6O3/c1-14-3-8-18(29-14)20-21-23-26(22-20)13-19(28)25-11-9-24(10-12-25)17-6-4-16(5-7-17)15(2)27/h3-8H,9-13H2,1-2H3. The second kappa shape index (κ2) is 7.86. The van der Waals surface area contributed by atoms with E-state index in [0.29, 0.717) is 30.2 Å². The molecule has 0 saturated carbocycles. The lowest BCUT2D eigenvalue weighted by atomic mass is 10.1. The summed E-state index contributed by atoms with van der Waals surface area (Å²) >= 11 is 0. The molecule has 150 valence electrons. The lowest BCUT2D eigenvalue weighted by Gasteiger charge is -2.36. The maximum Gasteiger partial charge on any atom is 0.246 e. The van der Waals surface area contributed by atoms with Gasteiger partial charge in [0.1, 0.15) is 12.3 Å². The van der Waals surface area contributed by atoms with E-state index in [-0.39, 0.29) is 18.2 Å². The van der Waals surface area contributed by atoms with Crippen molar-refractivity contribution < 1.29 is 14.0 Å². The number of benzene rings is 1. The van der Waals surface area contributed by atoms with Gasteiger partial charge in [0.15, 0.2) is 11.5 Å². The number of hydrogen-bond acceptors (Lipinski definition) is 7. The van der Waals surface area contributed by atoms with Gasteiger partial charge in [-0.3, -0.25) is 9.59 Å². The van der Waals surface area contributed by atoms with E-state index in [4.69, 9.17) is 4.42 Å². The zero-order valence-corrected chi connectivity index (χ0v) is 16.4. The van der Waals surface area contributed by atoms with Crippen molar-refractivity contribution in [2.45, 2.75) is 20.4 Å². The molecule has 0 spiro atoms. The Morgan fingerprint density at radius 3 is 2.38 bits per heavy atom. The molecular formula is C20H22N6O3. The van der Waals surface area contributed by atoms with Crippen molar-refractivity contribution in [1.82, 2.24) is 25.1 Å². The maximum atomic E-state index is 12.6. The number of rotatable bonds is 5. The SMILES string of the molecule is CC(=O)c1ccc(N2CCN(C(=O)Cn3nnc(-c4ccc(C)o4)n3)CC2)cc1. The minimum Gasteiger partial charge on any atom is -0.458 e. The largest absolute Gasteiger partial charge is 0.458 e. The summed E-state index contributed by atoms with van der Waals surface area (Å²) in [6.45, 7) is 6.13. The topological polar surface area (TPSA) is 97.4 Å². The van der Waals surface area contributed by atoms with Crippen LogP contribution in [0.25, 0.3) is 11.6 Å². The van der Waals surface area contributed by atoms with E-state index in [1.165, 1.54) is 4.80 Å². The highest BCUT2D eigenvalue weighted by atomic mass is 16.3. The molecule has 1 aliphatic heterocycles. The average molecular weight is 394 g/mol. The minimum atomic E-state index is -0.0452. The van der Waals surface area contributed by atoms with E-state index in [9.17, 15) is 9.59 Å². The normalized spacial score (nSPS) is 14.3. The summed E-state index contributed by atoms with van der Waals surface area (Å²) in [7, 11) is 0. The molecule has 3 heterocycles. The van der Waals surface area contributed by atoms with Gasteiger partial charge in [-0.15, -0.1) is 10.2 Å². The molecule has 1 fully saturated rings. The number of tetrazole rings is 1. The summed E-state index contributed by atoms with van der Waals surface area (Å²) in [6.07, 6.45) is 0. The number of nitrogens with zero attached hydrogens (tertiary/aromatic N) is 6. The Kier molecular flexibility index (Phi) is 5.11. The predicted molar refractivity (Wildman–Crippen MR) is 105 cm³/mol. The van der Waals surface area contributed by atoms with Crippen molar-refractivity contribution >= 4 is 17.4 Å². The van der Waals surface area contributed by atoms with E-state index in [1.54, 1.807) is 17.9 Å². The highest BCUT2D eigenvalue weighted by molar-refractivity contribution is 5.94. The van der Waals surface area contributed by atoms with Crippen molar-refractivity contribution in [3.63, 3.8) is 0 Å². The van der Waals surface area contributed by atoms with Gasteiger partial charge in [-0.05, 0) is 55.5 Å². The molecule has 0 atom stereocenters. The smallest absolute Gasteiger partial charge is 0.246 e. The van der Waals surface area contributed by atoms with Crippen LogP contribution >= 0.6 is 0 Å². The number of aryl methyl sites for hydroxylation is 1. The van der Waals surface area contributed by atoms with Gasteiger partial charge in [-0.2, -0.15) is 4.80 Å². The number of carbonyl (C=O) groups excluding carboxylic acids is 2. The summed E-state index contributed by atoms with van der Waals surface area (Å²) < 4.78 is 5.48. The summed E-state index contributed by atoms with van der Waals surface area (Å²) in [4.78, 5) is 29.3. The number of furan rings is 1. The Bertz CT molecular complexity index is 1020. The monoisotopic (exact) mass is 394 g/mol. The van der Waals surface area contributed by atoms with Crippen LogP contribution in [-0.2, 0) is 11.3 Å². The van der Waals surface area contributed by atoms with Crippen LogP contribution in [0.3, 0.4) is 0 Å². The fraction of sp³-hybridized carbons (Fsp3) is 0.350. The number of ketones is 1. The molecule has 0 bridgehead atoms. The molecule has 0 N–H and O–H groups in total. The zero-order chi connectivity index (χ0) is 20.4. The van der Waals surface area contributed by atoms with Crippen LogP contribution in [0, 0.1) is 6.92 Å². The number of anilines is 1. The third-order valence-electron chi connectivity index (χ3n) is 4.96. The van der Waals surface area contributed by atoms with Crippen LogP contribution < -0.4 is 4.90 Å². The third-order valence-corrected chi connectivity index (χ3v) is 4.96. The molecule has 29 heavy (non-hydrogen) atoms. The average Bonchev–Trinajstić information content (AvgIpc) is 3.37. The van der Waals surface area contributed by atoms with E-state index in [2.05, 4.69) is 20.3 Å². The highest BCUT2D eigenvalue weighted by Crippen LogP contribution is 2.18. The van der Waals surface area contributed by atoms with Crippen LogP contribution in [0.15, 0.2) is 40.8 Å². The maximum absolute atomic E-state index is 12.6. The van der Waals surface area contributed by atoms with E-state index in [0.717, 1.165) is 24.5 Å². The number of piperazine rings is 1. The predicted octanol–water partition coefficient (Wildman–Crippen LogP) is 1.79. The van der Waals surface area contributed by atoms with Gasteiger partial charge in [-0.25, -0.2) is 0 Å². The van der Waals surface area contributed by atoms with Crippen LogP contribution in [-0.4, -0.2) is 63.0 Å². The first kappa shape index (κ1) is 18.9. The van der Waals surface area contributed by atoms with Crippen molar-refractivity contribution in [3.8, 4) is 11.6 Å². The molecule has 0 radical (unpaired) electrons. The summed E-state index contributed by atoms with van der Waals surface area (Å²) in [6, 6.07) is 11.2. The Morgan fingerprint density at radius 1 is 1.03 bits per heavy atom. The van der Waals surface area contributed by atoms with Gasteiger partial charge >= 0.3 is 0 Å². The molecule has 3 aromatic rings. The van der Waals surface area contributed by atoms with Gasteiger partial charge < -0.3 is 14.2 Å². The molecule has 0 aliphatic carbocycles. The van der Waals surface area contributed by atoms with Gasteiger partial charge in [0.05, 0.1) is 0 Å². The summed E-state index contributed by atoms with van der Waals surface area (Å²) in [5.41, 5.74) is 1.75. The summed E-state index contributed by atoms with van der Waals surface area (Å²) in [5.74, 6) is 1.67. The van der Waals surface area contributed by atoms with Crippen LogP contribution in [0.4, 0.5) is 5.69 Å². The van der Waals surface area contributed by atoms with Gasteiger partial charge in [0.2, 0.25) is 11.7 Å². The molecule has 1 aliphatic rings. The molecular weight excluding hydrogens is 372 g/mol. The quantitative estimate of drug-likeness (QED) is 0.609. The molecule has 2 aromatic heterocycles. The number of aromatic nitrogens is 4. The van der Waals surface area contributed by atoms with Crippen LogP contribution in [0.5, 0.6) is 0 Å².